The molecule has 0 unspecified atom stereocenters. The monoisotopic (exact) mass is 253 g/mol. The number of hydrogen-bond donors (Lipinski definition) is 1. The normalized spacial score (nSPS) is 11.9. The van der Waals surface area contributed by atoms with Crippen molar-refractivity contribution >= 4 is 35.9 Å². The van der Waals surface area contributed by atoms with Gasteiger partial charge in [-0.15, -0.1) is 11.8 Å². The van der Waals surface area contributed by atoms with Crippen LogP contribution in [0.1, 0.15) is 12.5 Å². The zero-order chi connectivity index (χ0) is 12.0. The molecule has 0 aliphatic carbocycles. The minimum absolute atomic E-state index is 0.602. The summed E-state index contributed by atoms with van der Waals surface area (Å²) < 4.78 is 0. The van der Waals surface area contributed by atoms with Crippen LogP contribution in [0, 0.1) is 5.41 Å². The van der Waals surface area contributed by atoms with Gasteiger partial charge in [-0.2, -0.15) is 0 Å². The van der Waals surface area contributed by atoms with Crippen LogP contribution in [0.4, 0.5) is 0 Å². The second-order valence-corrected chi connectivity index (χ2v) is 4.68. The molecular formula is C12H12ClNOS. The van der Waals surface area contributed by atoms with Gasteiger partial charge in [0.2, 0.25) is 0 Å². The Morgan fingerprint density at radius 1 is 1.44 bits per heavy atom. The Labute approximate surface area is 104 Å². The number of allylic oxidation sites excluding steroid dienone is 2. The molecule has 0 atom stereocenters. The Morgan fingerprint density at radius 2 is 2.06 bits per heavy atom. The van der Waals surface area contributed by atoms with Crippen molar-refractivity contribution in [1.82, 2.24) is 0 Å². The van der Waals surface area contributed by atoms with Crippen LogP contribution in [0.5, 0.6) is 0 Å². The van der Waals surface area contributed by atoms with E-state index >= 15 is 0 Å². The summed E-state index contributed by atoms with van der Waals surface area (Å²) in [7, 11) is 0. The van der Waals surface area contributed by atoms with Crippen molar-refractivity contribution < 1.29 is 4.79 Å². The van der Waals surface area contributed by atoms with Gasteiger partial charge in [0, 0.05) is 17.0 Å². The molecule has 2 nitrogen and oxygen atoms in total. The van der Waals surface area contributed by atoms with Crippen LogP contribution in [0.3, 0.4) is 0 Å². The number of halogens is 1. The summed E-state index contributed by atoms with van der Waals surface area (Å²) in [6.07, 6.45) is 1.99. The average Bonchev–Trinajstić information content (AvgIpc) is 2.31. The van der Waals surface area contributed by atoms with Crippen LogP contribution in [0.15, 0.2) is 34.7 Å². The van der Waals surface area contributed by atoms with Crippen molar-refractivity contribution in [3.63, 3.8) is 0 Å². The SMILES string of the molecule is C/C(C=N)=C(/C=O)SCc1ccc(Cl)cc1. The highest BCUT2D eigenvalue weighted by molar-refractivity contribution is 8.03. The summed E-state index contributed by atoms with van der Waals surface area (Å²) in [5.41, 5.74) is 1.79. The van der Waals surface area contributed by atoms with E-state index in [0.29, 0.717) is 21.3 Å². The lowest BCUT2D eigenvalue weighted by atomic mass is 10.2. The van der Waals surface area contributed by atoms with Crippen LogP contribution in [-0.4, -0.2) is 12.5 Å². The molecule has 0 bridgehead atoms. The van der Waals surface area contributed by atoms with E-state index in [-0.39, 0.29) is 0 Å². The molecule has 0 heterocycles. The summed E-state index contributed by atoms with van der Waals surface area (Å²) in [6, 6.07) is 7.51. The highest BCUT2D eigenvalue weighted by Gasteiger charge is 2.01. The van der Waals surface area contributed by atoms with Crippen molar-refractivity contribution in [3.05, 3.63) is 45.3 Å². The number of nitrogens with one attached hydrogen (secondary N) is 1. The Kier molecular flexibility index (Phi) is 5.29. The van der Waals surface area contributed by atoms with Crippen molar-refractivity contribution in [2.24, 2.45) is 0 Å². The van der Waals surface area contributed by atoms with Gasteiger partial charge in [0.25, 0.3) is 0 Å². The second kappa shape index (κ2) is 6.51. The molecule has 0 amide bonds. The van der Waals surface area contributed by atoms with E-state index in [9.17, 15) is 4.79 Å². The van der Waals surface area contributed by atoms with Crippen molar-refractivity contribution in [2.45, 2.75) is 12.7 Å². The number of aldehydes is 1. The molecule has 1 aromatic carbocycles. The van der Waals surface area contributed by atoms with E-state index in [1.54, 1.807) is 6.92 Å². The first-order chi connectivity index (χ1) is 7.67. The maximum atomic E-state index is 10.8. The third-order valence-corrected chi connectivity index (χ3v) is 3.48. The van der Waals surface area contributed by atoms with E-state index in [2.05, 4.69) is 0 Å². The van der Waals surface area contributed by atoms with Gasteiger partial charge in [0.05, 0.1) is 4.91 Å². The summed E-state index contributed by atoms with van der Waals surface area (Å²) in [5.74, 6) is 0.705. The molecule has 0 saturated carbocycles. The van der Waals surface area contributed by atoms with Gasteiger partial charge in [-0.3, -0.25) is 4.79 Å². The van der Waals surface area contributed by atoms with E-state index < -0.39 is 0 Å². The van der Waals surface area contributed by atoms with Gasteiger partial charge in [0.1, 0.15) is 0 Å². The fourth-order valence-electron chi connectivity index (χ4n) is 1.05. The van der Waals surface area contributed by atoms with Crippen LogP contribution in [-0.2, 0) is 10.5 Å². The maximum Gasteiger partial charge on any atom is 0.156 e. The number of hydrogen-bond acceptors (Lipinski definition) is 3. The minimum Gasteiger partial charge on any atom is -0.308 e. The molecule has 1 rings (SSSR count). The van der Waals surface area contributed by atoms with Gasteiger partial charge < -0.3 is 5.41 Å². The molecular weight excluding hydrogens is 242 g/mol. The van der Waals surface area contributed by atoms with Gasteiger partial charge in [0.15, 0.2) is 6.29 Å². The van der Waals surface area contributed by atoms with Crippen molar-refractivity contribution in [3.8, 4) is 0 Å². The van der Waals surface area contributed by atoms with Crippen LogP contribution in [0.2, 0.25) is 5.02 Å². The van der Waals surface area contributed by atoms with Crippen molar-refractivity contribution in [2.75, 3.05) is 0 Å². The lowest BCUT2D eigenvalue weighted by Gasteiger charge is -2.03. The average molecular weight is 254 g/mol. The summed E-state index contributed by atoms with van der Waals surface area (Å²) in [4.78, 5) is 11.4. The Bertz CT molecular complexity index is 412. The number of thioether (sulfide) groups is 1. The Balaban J connectivity index is 2.67. The first-order valence-corrected chi connectivity index (χ1v) is 6.07. The number of rotatable bonds is 5. The summed E-state index contributed by atoms with van der Waals surface area (Å²) in [6.45, 7) is 1.76. The standard InChI is InChI=1S/C12H12ClNOS/c1-9(6-14)12(7-15)16-8-10-2-4-11(13)5-3-10/h2-7,14H,8H2,1H3/b12-9+,14-6?. The summed E-state index contributed by atoms with van der Waals surface area (Å²) in [5, 5.41) is 7.79. The predicted octanol–water partition coefficient (Wildman–Crippen LogP) is 3.70. The highest BCUT2D eigenvalue weighted by atomic mass is 35.5. The molecule has 0 fully saturated rings. The number of carbonyl (C=O) groups is 1. The van der Waals surface area contributed by atoms with Crippen LogP contribution in [0.25, 0.3) is 0 Å². The second-order valence-electron chi connectivity index (χ2n) is 3.22. The van der Waals surface area contributed by atoms with E-state index in [1.165, 1.54) is 18.0 Å². The molecule has 0 saturated heterocycles. The Hall–Kier alpha value is -1.06. The fourth-order valence-corrected chi connectivity index (χ4v) is 2.05. The lowest BCUT2D eigenvalue weighted by molar-refractivity contribution is -0.104. The smallest absolute Gasteiger partial charge is 0.156 e. The van der Waals surface area contributed by atoms with Gasteiger partial charge in [-0.1, -0.05) is 23.7 Å². The highest BCUT2D eigenvalue weighted by Crippen LogP contribution is 2.22. The van der Waals surface area contributed by atoms with Gasteiger partial charge >= 0.3 is 0 Å². The zero-order valence-corrected chi connectivity index (χ0v) is 10.4. The molecule has 16 heavy (non-hydrogen) atoms. The molecule has 4 heteroatoms. The number of carbonyl (C=O) groups excluding carboxylic acids is 1. The Morgan fingerprint density at radius 3 is 2.56 bits per heavy atom. The molecule has 0 aliphatic heterocycles. The zero-order valence-electron chi connectivity index (χ0n) is 8.87. The molecule has 0 spiro atoms. The van der Waals surface area contributed by atoms with Crippen LogP contribution < -0.4 is 0 Å². The largest absolute Gasteiger partial charge is 0.308 e. The molecule has 0 radical (unpaired) electrons. The number of benzene rings is 1. The molecule has 1 N–H and O–H groups in total. The third-order valence-electron chi connectivity index (χ3n) is 2.02. The van der Waals surface area contributed by atoms with E-state index in [0.717, 1.165) is 11.8 Å². The first-order valence-electron chi connectivity index (χ1n) is 4.71. The van der Waals surface area contributed by atoms with Gasteiger partial charge in [-0.25, -0.2) is 0 Å². The minimum atomic E-state index is 0.602. The fraction of sp³-hybridized carbons (Fsp3) is 0.167. The topological polar surface area (TPSA) is 40.9 Å². The predicted molar refractivity (Wildman–Crippen MR) is 70.3 cm³/mol. The van der Waals surface area contributed by atoms with Crippen molar-refractivity contribution in [1.29, 1.82) is 5.41 Å². The maximum absolute atomic E-state index is 10.8. The first kappa shape index (κ1) is 13.0. The van der Waals surface area contributed by atoms with Crippen LogP contribution >= 0.6 is 23.4 Å². The molecule has 0 aromatic heterocycles. The third kappa shape index (κ3) is 3.83. The summed E-state index contributed by atoms with van der Waals surface area (Å²) >= 11 is 7.20. The molecule has 84 valence electrons. The molecule has 1 aromatic rings. The van der Waals surface area contributed by atoms with E-state index in [4.69, 9.17) is 17.0 Å². The quantitative estimate of drug-likeness (QED) is 0.494. The van der Waals surface area contributed by atoms with Gasteiger partial charge in [-0.05, 0) is 30.2 Å². The lowest BCUT2D eigenvalue weighted by Crippen LogP contribution is -1.89. The molecule has 0 aliphatic rings. The van der Waals surface area contributed by atoms with E-state index in [1.807, 2.05) is 24.3 Å².